The largest absolute Gasteiger partial charge is 0.383 e. The Morgan fingerprint density at radius 1 is 1.09 bits per heavy atom. The highest BCUT2D eigenvalue weighted by Gasteiger charge is 2.15. The molecule has 3 heterocycles. The van der Waals surface area contributed by atoms with Crippen LogP contribution in [0.3, 0.4) is 0 Å². The molecule has 7 nitrogen and oxygen atoms in total. The van der Waals surface area contributed by atoms with E-state index in [2.05, 4.69) is 20.3 Å². The van der Waals surface area contributed by atoms with Crippen molar-refractivity contribution >= 4 is 34.4 Å². The highest BCUT2D eigenvalue weighted by Crippen LogP contribution is 2.19. The maximum atomic E-state index is 12.4. The van der Waals surface area contributed by atoms with Crippen LogP contribution >= 0.6 is 0 Å². The first-order valence-corrected chi connectivity index (χ1v) is 6.98. The molecule has 0 saturated carbocycles. The summed E-state index contributed by atoms with van der Waals surface area (Å²) in [7, 11) is 0. The number of hydrogen-bond donors (Lipinski definition) is 2. The van der Waals surface area contributed by atoms with Gasteiger partial charge in [0, 0.05) is 12.4 Å². The SMILES string of the molecule is Nc1nc2nc3ccccc3n2cc1C(=O)Nc1ccccn1. The summed E-state index contributed by atoms with van der Waals surface area (Å²) in [5.41, 5.74) is 7.84. The minimum absolute atomic E-state index is 0.126. The molecule has 3 aromatic heterocycles. The van der Waals surface area contributed by atoms with Crippen molar-refractivity contribution in [3.8, 4) is 0 Å². The third kappa shape index (κ3) is 2.24. The van der Waals surface area contributed by atoms with E-state index in [1.807, 2.05) is 24.3 Å². The number of amides is 1. The lowest BCUT2D eigenvalue weighted by Gasteiger charge is -2.07. The van der Waals surface area contributed by atoms with Gasteiger partial charge < -0.3 is 11.1 Å². The van der Waals surface area contributed by atoms with Gasteiger partial charge in [0.2, 0.25) is 5.78 Å². The Labute approximate surface area is 130 Å². The average molecular weight is 304 g/mol. The average Bonchev–Trinajstić information content (AvgIpc) is 2.92. The van der Waals surface area contributed by atoms with Crippen molar-refractivity contribution in [2.75, 3.05) is 11.1 Å². The van der Waals surface area contributed by atoms with Crippen molar-refractivity contribution in [1.29, 1.82) is 0 Å². The number of rotatable bonds is 2. The number of benzene rings is 1. The Morgan fingerprint density at radius 3 is 2.74 bits per heavy atom. The Bertz CT molecular complexity index is 1020. The van der Waals surface area contributed by atoms with Crippen LogP contribution in [0.25, 0.3) is 16.8 Å². The Morgan fingerprint density at radius 2 is 1.91 bits per heavy atom. The van der Waals surface area contributed by atoms with Gasteiger partial charge in [-0.3, -0.25) is 9.20 Å². The third-order valence-electron chi connectivity index (χ3n) is 3.48. The zero-order valence-electron chi connectivity index (χ0n) is 12.0. The molecule has 0 aliphatic rings. The fraction of sp³-hybridized carbons (Fsp3) is 0. The summed E-state index contributed by atoms with van der Waals surface area (Å²) in [5, 5.41) is 2.70. The Kier molecular flexibility index (Phi) is 2.90. The second-order valence-corrected chi connectivity index (χ2v) is 4.98. The number of nitrogens with two attached hydrogens (primary N) is 1. The smallest absolute Gasteiger partial charge is 0.262 e. The number of hydrogen-bond acceptors (Lipinski definition) is 5. The van der Waals surface area contributed by atoms with Crippen LogP contribution in [0, 0.1) is 0 Å². The number of nitrogen functional groups attached to an aromatic ring is 1. The van der Waals surface area contributed by atoms with Gasteiger partial charge in [-0.1, -0.05) is 18.2 Å². The highest BCUT2D eigenvalue weighted by molar-refractivity contribution is 6.06. The lowest BCUT2D eigenvalue weighted by molar-refractivity contribution is 0.102. The molecule has 1 aromatic carbocycles. The second-order valence-electron chi connectivity index (χ2n) is 4.98. The molecule has 0 aliphatic carbocycles. The molecule has 0 unspecified atom stereocenters. The lowest BCUT2D eigenvalue weighted by Crippen LogP contribution is -2.16. The van der Waals surface area contributed by atoms with E-state index in [0.29, 0.717) is 11.6 Å². The van der Waals surface area contributed by atoms with E-state index in [1.165, 1.54) is 0 Å². The van der Waals surface area contributed by atoms with Crippen LogP contribution in [0.15, 0.2) is 54.9 Å². The third-order valence-corrected chi connectivity index (χ3v) is 3.48. The predicted octanol–water partition coefficient (Wildman–Crippen LogP) is 2.11. The van der Waals surface area contributed by atoms with Crippen LogP contribution in [-0.4, -0.2) is 25.3 Å². The van der Waals surface area contributed by atoms with E-state index in [-0.39, 0.29) is 17.3 Å². The normalized spacial score (nSPS) is 11.0. The zero-order valence-corrected chi connectivity index (χ0v) is 12.0. The number of anilines is 2. The van der Waals surface area contributed by atoms with Gasteiger partial charge in [0.1, 0.15) is 11.6 Å². The molecule has 3 N–H and O–H groups in total. The van der Waals surface area contributed by atoms with Gasteiger partial charge in [-0.2, -0.15) is 4.98 Å². The minimum atomic E-state index is -0.367. The van der Waals surface area contributed by atoms with Crippen LogP contribution in [0.5, 0.6) is 0 Å². The Hall–Kier alpha value is -3.48. The van der Waals surface area contributed by atoms with Gasteiger partial charge in [0.25, 0.3) is 5.91 Å². The minimum Gasteiger partial charge on any atom is -0.383 e. The van der Waals surface area contributed by atoms with Crippen molar-refractivity contribution in [3.05, 3.63) is 60.4 Å². The number of nitrogens with zero attached hydrogens (tertiary/aromatic N) is 4. The predicted molar refractivity (Wildman–Crippen MR) is 87.1 cm³/mol. The summed E-state index contributed by atoms with van der Waals surface area (Å²) in [4.78, 5) is 25.1. The molecule has 0 radical (unpaired) electrons. The van der Waals surface area contributed by atoms with Crippen molar-refractivity contribution in [2.24, 2.45) is 0 Å². The van der Waals surface area contributed by atoms with Gasteiger partial charge in [-0.15, -0.1) is 0 Å². The van der Waals surface area contributed by atoms with Crippen molar-refractivity contribution < 1.29 is 4.79 Å². The molecule has 0 aliphatic heterocycles. The fourth-order valence-corrected chi connectivity index (χ4v) is 2.40. The summed E-state index contributed by atoms with van der Waals surface area (Å²) in [6.07, 6.45) is 3.25. The molecule has 0 saturated heterocycles. The first-order chi connectivity index (χ1) is 11.2. The monoisotopic (exact) mass is 304 g/mol. The van der Waals surface area contributed by atoms with E-state index >= 15 is 0 Å². The van der Waals surface area contributed by atoms with Gasteiger partial charge in [0.15, 0.2) is 0 Å². The van der Waals surface area contributed by atoms with Crippen LogP contribution in [0.1, 0.15) is 10.4 Å². The van der Waals surface area contributed by atoms with E-state index < -0.39 is 0 Å². The summed E-state index contributed by atoms with van der Waals surface area (Å²) in [6.45, 7) is 0. The van der Waals surface area contributed by atoms with Gasteiger partial charge in [-0.25, -0.2) is 9.97 Å². The second kappa shape index (κ2) is 5.06. The van der Waals surface area contributed by atoms with E-state index in [1.54, 1.807) is 35.0 Å². The molecule has 0 fully saturated rings. The van der Waals surface area contributed by atoms with Crippen LogP contribution < -0.4 is 11.1 Å². The number of nitrogens with one attached hydrogen (secondary N) is 1. The van der Waals surface area contributed by atoms with Crippen LogP contribution in [-0.2, 0) is 0 Å². The number of pyridine rings is 1. The van der Waals surface area contributed by atoms with Crippen LogP contribution in [0.4, 0.5) is 11.6 Å². The first kappa shape index (κ1) is 13.2. The molecule has 0 spiro atoms. The molecule has 1 amide bonds. The number of fused-ring (bicyclic) bond motifs is 3. The molecule has 112 valence electrons. The molecular weight excluding hydrogens is 292 g/mol. The van der Waals surface area contributed by atoms with Gasteiger partial charge in [0.05, 0.1) is 16.6 Å². The number of para-hydroxylation sites is 2. The van der Waals surface area contributed by atoms with E-state index in [4.69, 9.17) is 5.73 Å². The molecule has 0 bridgehead atoms. The molecular formula is C16H12N6O. The summed E-state index contributed by atoms with van der Waals surface area (Å²) in [5.74, 6) is 0.667. The molecule has 4 rings (SSSR count). The zero-order chi connectivity index (χ0) is 15.8. The lowest BCUT2D eigenvalue weighted by atomic mass is 10.2. The number of carbonyl (C=O) groups excluding carboxylic acids is 1. The number of aromatic nitrogens is 4. The maximum Gasteiger partial charge on any atom is 0.262 e. The van der Waals surface area contributed by atoms with Crippen LogP contribution in [0.2, 0.25) is 0 Å². The number of carbonyl (C=O) groups is 1. The highest BCUT2D eigenvalue weighted by atomic mass is 16.1. The van der Waals surface area contributed by atoms with Crippen molar-refractivity contribution in [1.82, 2.24) is 19.4 Å². The topological polar surface area (TPSA) is 98.2 Å². The van der Waals surface area contributed by atoms with Crippen molar-refractivity contribution in [2.45, 2.75) is 0 Å². The summed E-state index contributed by atoms with van der Waals surface area (Å²) < 4.78 is 1.75. The number of imidazole rings is 1. The fourth-order valence-electron chi connectivity index (χ4n) is 2.40. The van der Waals surface area contributed by atoms with Crippen molar-refractivity contribution in [3.63, 3.8) is 0 Å². The first-order valence-electron chi connectivity index (χ1n) is 6.98. The summed E-state index contributed by atoms with van der Waals surface area (Å²) >= 11 is 0. The Balaban J connectivity index is 1.81. The quantitative estimate of drug-likeness (QED) is 0.591. The maximum absolute atomic E-state index is 12.4. The van der Waals surface area contributed by atoms with Gasteiger partial charge >= 0.3 is 0 Å². The molecule has 0 atom stereocenters. The van der Waals surface area contributed by atoms with E-state index in [9.17, 15) is 4.79 Å². The molecule has 23 heavy (non-hydrogen) atoms. The van der Waals surface area contributed by atoms with E-state index in [0.717, 1.165) is 11.0 Å². The van der Waals surface area contributed by atoms with Gasteiger partial charge in [-0.05, 0) is 24.3 Å². The molecule has 4 aromatic rings. The molecule has 7 heteroatoms. The standard InChI is InChI=1S/C16H12N6O/c17-14-10(15(23)20-13-7-3-4-8-18-13)9-22-12-6-2-1-5-11(12)19-16(22)21-14/h1-9H,(H2,17,19,21)(H,18,20,23). The summed E-state index contributed by atoms with van der Waals surface area (Å²) in [6, 6.07) is 12.9.